The quantitative estimate of drug-likeness (QED) is 0.510. The van der Waals surface area contributed by atoms with Crippen LogP contribution in [0, 0.1) is 0 Å². The number of para-hydroxylation sites is 1. The van der Waals surface area contributed by atoms with Crippen LogP contribution in [-0.2, 0) is 29.0 Å². The molecule has 0 saturated carbocycles. The van der Waals surface area contributed by atoms with Gasteiger partial charge in [0.1, 0.15) is 17.4 Å². The Labute approximate surface area is 190 Å². The number of rotatable bonds is 9. The third-order valence-electron chi connectivity index (χ3n) is 4.59. The maximum absolute atomic E-state index is 12.5. The number of amides is 2. The molecule has 0 aliphatic carbocycles. The topological polar surface area (TPSA) is 71.5 Å². The molecule has 0 aliphatic heterocycles. The molecule has 0 spiro atoms. The molecule has 8 heteroatoms. The highest BCUT2D eigenvalue weighted by Crippen LogP contribution is 2.19. The standard InChI is InChI=1S/C23H24ClN3O3S/c1-3-16-6-4-5-7-20(16)26-21(28)13-27(2)23(29)12-18-15-31-22(25-18)14-30-19-10-8-17(24)9-11-19/h4-11,15H,3,12-14H2,1-2H3,(H,26,28). The summed E-state index contributed by atoms with van der Waals surface area (Å²) in [6.07, 6.45) is 0.950. The molecule has 0 unspecified atom stereocenters. The van der Waals surface area contributed by atoms with Gasteiger partial charge in [-0.05, 0) is 42.3 Å². The number of nitrogens with zero attached hydrogens (tertiary/aromatic N) is 2. The van der Waals surface area contributed by atoms with E-state index in [2.05, 4.69) is 10.3 Å². The first-order valence-corrected chi connectivity index (χ1v) is 11.1. The van der Waals surface area contributed by atoms with Crippen molar-refractivity contribution in [2.75, 3.05) is 18.9 Å². The van der Waals surface area contributed by atoms with Crippen molar-refractivity contribution in [3.63, 3.8) is 0 Å². The highest BCUT2D eigenvalue weighted by Gasteiger charge is 2.16. The number of thiazole rings is 1. The molecule has 1 N–H and O–H groups in total. The van der Waals surface area contributed by atoms with E-state index in [9.17, 15) is 9.59 Å². The van der Waals surface area contributed by atoms with Crippen molar-refractivity contribution in [2.24, 2.45) is 0 Å². The number of carbonyl (C=O) groups excluding carboxylic acids is 2. The van der Waals surface area contributed by atoms with Crippen LogP contribution in [0.3, 0.4) is 0 Å². The van der Waals surface area contributed by atoms with E-state index in [1.807, 2.05) is 36.6 Å². The first kappa shape index (κ1) is 22.8. The maximum atomic E-state index is 12.5. The lowest BCUT2D eigenvalue weighted by molar-refractivity contribution is -0.132. The van der Waals surface area contributed by atoms with Crippen molar-refractivity contribution < 1.29 is 14.3 Å². The average Bonchev–Trinajstić information content (AvgIpc) is 3.21. The fourth-order valence-electron chi connectivity index (χ4n) is 2.91. The second-order valence-electron chi connectivity index (χ2n) is 6.96. The van der Waals surface area contributed by atoms with Crippen LogP contribution in [0.1, 0.15) is 23.2 Å². The Hall–Kier alpha value is -2.90. The van der Waals surface area contributed by atoms with E-state index in [-0.39, 0.29) is 24.8 Å². The molecule has 2 aromatic carbocycles. The predicted octanol–water partition coefficient (Wildman–Crippen LogP) is 4.58. The van der Waals surface area contributed by atoms with Gasteiger partial charge in [-0.1, -0.05) is 36.7 Å². The maximum Gasteiger partial charge on any atom is 0.243 e. The molecule has 162 valence electrons. The van der Waals surface area contributed by atoms with E-state index in [4.69, 9.17) is 16.3 Å². The zero-order valence-corrected chi connectivity index (χ0v) is 19.0. The van der Waals surface area contributed by atoms with Crippen molar-refractivity contribution >= 4 is 40.4 Å². The van der Waals surface area contributed by atoms with Crippen molar-refractivity contribution in [1.82, 2.24) is 9.88 Å². The first-order valence-electron chi connectivity index (χ1n) is 9.88. The number of ether oxygens (including phenoxy) is 1. The number of aromatic nitrogens is 1. The summed E-state index contributed by atoms with van der Waals surface area (Å²) in [6.45, 7) is 2.33. The van der Waals surface area contributed by atoms with Gasteiger partial charge in [0.25, 0.3) is 0 Å². The average molecular weight is 458 g/mol. The molecule has 0 fully saturated rings. The van der Waals surface area contributed by atoms with E-state index >= 15 is 0 Å². The number of likely N-dealkylation sites (N-methyl/N-ethyl adjacent to an activating group) is 1. The van der Waals surface area contributed by atoms with Crippen LogP contribution < -0.4 is 10.1 Å². The molecule has 1 aromatic heterocycles. The van der Waals surface area contributed by atoms with E-state index in [0.29, 0.717) is 23.1 Å². The minimum atomic E-state index is -0.230. The molecule has 0 bridgehead atoms. The summed E-state index contributed by atoms with van der Waals surface area (Å²) in [5.41, 5.74) is 2.50. The summed E-state index contributed by atoms with van der Waals surface area (Å²) < 4.78 is 5.68. The summed E-state index contributed by atoms with van der Waals surface area (Å²) in [6, 6.07) is 14.7. The molecule has 31 heavy (non-hydrogen) atoms. The molecular weight excluding hydrogens is 434 g/mol. The molecule has 0 radical (unpaired) electrons. The van der Waals surface area contributed by atoms with Gasteiger partial charge in [-0.15, -0.1) is 11.3 Å². The predicted molar refractivity (Wildman–Crippen MR) is 124 cm³/mol. The van der Waals surface area contributed by atoms with Crippen LogP contribution >= 0.6 is 22.9 Å². The third kappa shape index (κ3) is 6.80. The van der Waals surface area contributed by atoms with E-state index in [1.165, 1.54) is 16.2 Å². The van der Waals surface area contributed by atoms with Crippen LogP contribution in [0.15, 0.2) is 53.9 Å². The molecule has 3 aromatic rings. The SMILES string of the molecule is CCc1ccccc1NC(=O)CN(C)C(=O)Cc1csc(COc2ccc(Cl)cc2)n1. The smallest absolute Gasteiger partial charge is 0.243 e. The normalized spacial score (nSPS) is 10.5. The van der Waals surface area contributed by atoms with Crippen molar-refractivity contribution in [3.8, 4) is 5.75 Å². The summed E-state index contributed by atoms with van der Waals surface area (Å²) in [5.74, 6) is 0.300. The largest absolute Gasteiger partial charge is 0.486 e. The zero-order chi connectivity index (χ0) is 22.2. The minimum absolute atomic E-state index is 0.0203. The molecule has 0 aliphatic rings. The van der Waals surface area contributed by atoms with Gasteiger partial charge in [0.15, 0.2) is 0 Å². The molecular formula is C23H24ClN3O3S. The minimum Gasteiger partial charge on any atom is -0.486 e. The Morgan fingerprint density at radius 1 is 1.16 bits per heavy atom. The number of nitrogens with one attached hydrogen (secondary N) is 1. The van der Waals surface area contributed by atoms with Gasteiger partial charge in [-0.25, -0.2) is 4.98 Å². The molecule has 2 amide bonds. The van der Waals surface area contributed by atoms with Gasteiger partial charge in [0.05, 0.1) is 18.7 Å². The number of halogens is 1. The summed E-state index contributed by atoms with van der Waals surface area (Å²) in [7, 11) is 1.62. The van der Waals surface area contributed by atoms with Gasteiger partial charge in [0.2, 0.25) is 11.8 Å². The van der Waals surface area contributed by atoms with E-state index in [1.54, 1.807) is 31.3 Å². The van der Waals surface area contributed by atoms with Crippen LogP contribution in [0.5, 0.6) is 5.75 Å². The number of anilines is 1. The second kappa shape index (κ2) is 10.9. The third-order valence-corrected chi connectivity index (χ3v) is 5.71. The summed E-state index contributed by atoms with van der Waals surface area (Å²) in [5, 5.41) is 6.14. The van der Waals surface area contributed by atoms with E-state index < -0.39 is 0 Å². The second-order valence-corrected chi connectivity index (χ2v) is 8.34. The Balaban J connectivity index is 1.48. The number of hydrogen-bond acceptors (Lipinski definition) is 5. The van der Waals surface area contributed by atoms with Crippen LogP contribution in [0.25, 0.3) is 0 Å². The van der Waals surface area contributed by atoms with Gasteiger partial charge >= 0.3 is 0 Å². The Morgan fingerprint density at radius 3 is 2.65 bits per heavy atom. The number of aryl methyl sites for hydroxylation is 1. The van der Waals surface area contributed by atoms with Crippen molar-refractivity contribution in [2.45, 2.75) is 26.4 Å². The lowest BCUT2D eigenvalue weighted by Gasteiger charge is -2.17. The van der Waals surface area contributed by atoms with Crippen molar-refractivity contribution in [3.05, 3.63) is 75.2 Å². The first-order chi connectivity index (χ1) is 14.9. The molecule has 6 nitrogen and oxygen atoms in total. The number of hydrogen-bond donors (Lipinski definition) is 1. The highest BCUT2D eigenvalue weighted by molar-refractivity contribution is 7.09. The lowest BCUT2D eigenvalue weighted by Crippen LogP contribution is -2.36. The lowest BCUT2D eigenvalue weighted by atomic mass is 10.1. The van der Waals surface area contributed by atoms with Gasteiger partial charge in [-0.2, -0.15) is 0 Å². The fraction of sp³-hybridized carbons (Fsp3) is 0.261. The highest BCUT2D eigenvalue weighted by atomic mass is 35.5. The van der Waals surface area contributed by atoms with Gasteiger partial charge < -0.3 is 15.0 Å². The van der Waals surface area contributed by atoms with Gasteiger partial charge in [-0.3, -0.25) is 9.59 Å². The van der Waals surface area contributed by atoms with E-state index in [0.717, 1.165) is 22.7 Å². The van der Waals surface area contributed by atoms with Crippen LogP contribution in [0.4, 0.5) is 5.69 Å². The summed E-state index contributed by atoms with van der Waals surface area (Å²) in [4.78, 5) is 30.7. The van der Waals surface area contributed by atoms with Crippen LogP contribution in [-0.4, -0.2) is 35.3 Å². The Bertz CT molecular complexity index is 1040. The number of carbonyl (C=O) groups is 2. The van der Waals surface area contributed by atoms with Gasteiger partial charge in [0, 0.05) is 23.1 Å². The molecule has 1 heterocycles. The van der Waals surface area contributed by atoms with Crippen LogP contribution in [0.2, 0.25) is 5.02 Å². The monoisotopic (exact) mass is 457 g/mol. The molecule has 3 rings (SSSR count). The molecule has 0 atom stereocenters. The van der Waals surface area contributed by atoms with Crippen molar-refractivity contribution in [1.29, 1.82) is 0 Å². The fourth-order valence-corrected chi connectivity index (χ4v) is 3.74. The molecule has 0 saturated heterocycles. The summed E-state index contributed by atoms with van der Waals surface area (Å²) >= 11 is 7.30. The Morgan fingerprint density at radius 2 is 1.90 bits per heavy atom. The Kier molecular flexibility index (Phi) is 8.03. The number of benzene rings is 2. The zero-order valence-electron chi connectivity index (χ0n) is 17.4.